The van der Waals surface area contributed by atoms with Gasteiger partial charge < -0.3 is 15.1 Å². The summed E-state index contributed by atoms with van der Waals surface area (Å²) in [5.41, 5.74) is 2.51. The Balaban J connectivity index is 1.34. The fourth-order valence-electron chi connectivity index (χ4n) is 5.45. The molecule has 1 N–H and O–H groups in total. The highest BCUT2D eigenvalue weighted by atomic mass is 32.1. The molecule has 32 heavy (non-hydrogen) atoms. The predicted octanol–water partition coefficient (Wildman–Crippen LogP) is 3.07. The highest BCUT2D eigenvalue weighted by Gasteiger charge is 2.35. The summed E-state index contributed by atoms with van der Waals surface area (Å²) in [5.74, 6) is -0.184. The summed E-state index contributed by atoms with van der Waals surface area (Å²) >= 11 is 1.71. The Labute approximate surface area is 191 Å². The fraction of sp³-hybridized carbons (Fsp3) is 0.440. The quantitative estimate of drug-likeness (QED) is 0.666. The van der Waals surface area contributed by atoms with E-state index in [1.54, 1.807) is 17.4 Å². The lowest BCUT2D eigenvalue weighted by molar-refractivity contribution is 0.354. The molecule has 5 heterocycles. The molecular weight excluding hydrogens is 421 g/mol. The first kappa shape index (κ1) is 20.1. The van der Waals surface area contributed by atoms with E-state index in [0.717, 1.165) is 44.8 Å². The first-order valence-electron chi connectivity index (χ1n) is 11.5. The second kappa shape index (κ2) is 7.81. The van der Waals surface area contributed by atoms with E-state index in [-0.39, 0.29) is 5.82 Å². The topological polar surface area (TPSA) is 44.3 Å². The molecule has 2 atom stereocenters. The maximum Gasteiger partial charge on any atom is 0.186 e. The van der Waals surface area contributed by atoms with Crippen molar-refractivity contribution < 1.29 is 4.39 Å². The lowest BCUT2D eigenvalue weighted by Gasteiger charge is -2.35. The van der Waals surface area contributed by atoms with Crippen molar-refractivity contribution in [3.63, 3.8) is 0 Å². The number of rotatable bonds is 3. The molecular formula is C25H28FN5S. The third-order valence-electron chi connectivity index (χ3n) is 7.21. The predicted molar refractivity (Wildman–Crippen MR) is 130 cm³/mol. The largest absolute Gasteiger partial charge is 0.380 e. The van der Waals surface area contributed by atoms with Crippen LogP contribution < -0.4 is 20.7 Å². The van der Waals surface area contributed by atoms with Crippen molar-refractivity contribution in [1.82, 2.24) is 20.2 Å². The van der Waals surface area contributed by atoms with Crippen LogP contribution in [0.25, 0.3) is 33.7 Å². The van der Waals surface area contributed by atoms with Gasteiger partial charge in [-0.25, -0.2) is 9.37 Å². The van der Waals surface area contributed by atoms with Crippen molar-refractivity contribution in [1.29, 1.82) is 0 Å². The van der Waals surface area contributed by atoms with Crippen molar-refractivity contribution in [3.05, 3.63) is 40.7 Å². The molecule has 2 aromatic heterocycles. The van der Waals surface area contributed by atoms with Gasteiger partial charge in [0.05, 0.1) is 16.6 Å². The van der Waals surface area contributed by atoms with E-state index in [0.29, 0.717) is 23.3 Å². The summed E-state index contributed by atoms with van der Waals surface area (Å²) in [5, 5.41) is 6.36. The van der Waals surface area contributed by atoms with Gasteiger partial charge in [0, 0.05) is 61.0 Å². The number of nitrogens with one attached hydrogen (secondary N) is 1. The molecule has 0 radical (unpaired) electrons. The smallest absolute Gasteiger partial charge is 0.186 e. The van der Waals surface area contributed by atoms with Gasteiger partial charge in [-0.05, 0) is 50.3 Å². The molecule has 5 nitrogen and oxygen atoms in total. The summed E-state index contributed by atoms with van der Waals surface area (Å²) in [4.78, 5) is 14.0. The lowest BCUT2D eigenvalue weighted by atomic mass is 9.99. The molecule has 1 aromatic carbocycles. The Bertz CT molecular complexity index is 1290. The molecule has 3 aliphatic heterocycles. The first-order chi connectivity index (χ1) is 15.5. The van der Waals surface area contributed by atoms with Crippen LogP contribution in [-0.4, -0.2) is 53.6 Å². The van der Waals surface area contributed by atoms with Crippen LogP contribution in [-0.2, 0) is 0 Å². The van der Waals surface area contributed by atoms with Crippen LogP contribution in [0.15, 0.2) is 24.4 Å². The van der Waals surface area contributed by atoms with Crippen LogP contribution >= 0.6 is 11.3 Å². The molecule has 2 saturated heterocycles. The van der Waals surface area contributed by atoms with E-state index in [2.05, 4.69) is 33.2 Å². The summed E-state index contributed by atoms with van der Waals surface area (Å²) in [6.07, 6.45) is 11.6. The third kappa shape index (κ3) is 3.57. The van der Waals surface area contributed by atoms with Crippen LogP contribution in [0.5, 0.6) is 0 Å². The van der Waals surface area contributed by atoms with E-state index in [9.17, 15) is 4.39 Å². The number of nitrogens with zero attached hydrogens (tertiary/aromatic N) is 4. The molecule has 3 aliphatic rings. The molecule has 3 aromatic rings. The van der Waals surface area contributed by atoms with Crippen molar-refractivity contribution in [2.24, 2.45) is 0 Å². The first-order valence-corrected chi connectivity index (χ1v) is 12.3. The zero-order chi connectivity index (χ0) is 21.8. The molecule has 6 rings (SSSR count). The number of anilines is 1. The molecule has 0 spiro atoms. The maximum absolute atomic E-state index is 14.9. The normalized spacial score (nSPS) is 24.6. The molecule has 7 heteroatoms. The molecule has 2 unspecified atom stereocenters. The van der Waals surface area contributed by atoms with Crippen molar-refractivity contribution >= 4 is 39.0 Å². The van der Waals surface area contributed by atoms with Crippen LogP contribution in [0, 0.1) is 5.82 Å². The number of hydrogen-bond donors (Lipinski definition) is 1. The van der Waals surface area contributed by atoms with Crippen molar-refractivity contribution in [2.45, 2.75) is 50.2 Å². The standard InChI is InChI=1S/C25H28FN5S/c1-30-7-3-4-20-16(14-30)8-15(9-21(20)26)22-12-24-23(13-27-22)29-25(32-24)31(2)19-10-17-5-6-18(11-19)28-17/h4,8-9,12-14,17-19,28H,3,5-7,10-11H2,1-2H3. The minimum Gasteiger partial charge on any atom is -0.380 e. The molecule has 0 amide bonds. The minimum absolute atomic E-state index is 0.184. The van der Waals surface area contributed by atoms with Crippen molar-refractivity contribution in [2.75, 3.05) is 25.5 Å². The number of halogens is 1. The van der Waals surface area contributed by atoms with E-state index < -0.39 is 0 Å². The second-order valence-corrected chi connectivity index (χ2v) is 10.5. The Morgan fingerprint density at radius 1 is 1.19 bits per heavy atom. The van der Waals surface area contributed by atoms with Gasteiger partial charge in [-0.15, -0.1) is 0 Å². The monoisotopic (exact) mass is 449 g/mol. The highest BCUT2D eigenvalue weighted by Crippen LogP contribution is 2.35. The Morgan fingerprint density at radius 3 is 2.81 bits per heavy atom. The van der Waals surface area contributed by atoms with Gasteiger partial charge in [-0.3, -0.25) is 4.98 Å². The fourth-order valence-corrected chi connectivity index (χ4v) is 6.46. The number of fused-ring (bicyclic) bond motifs is 4. The van der Waals surface area contributed by atoms with Crippen LogP contribution in [0.2, 0.25) is 0 Å². The Kier molecular flexibility index (Phi) is 4.91. The number of thiazole rings is 1. The number of piperidine rings is 1. The van der Waals surface area contributed by atoms with Gasteiger partial charge >= 0.3 is 0 Å². The van der Waals surface area contributed by atoms with E-state index in [1.807, 2.05) is 31.6 Å². The highest BCUT2D eigenvalue weighted by molar-refractivity contribution is 7.22. The van der Waals surface area contributed by atoms with Crippen LogP contribution in [0.4, 0.5) is 9.52 Å². The average molecular weight is 450 g/mol. The number of hydrogen-bond acceptors (Lipinski definition) is 6. The third-order valence-corrected chi connectivity index (χ3v) is 8.32. The van der Waals surface area contributed by atoms with E-state index in [4.69, 9.17) is 4.98 Å². The summed E-state index contributed by atoms with van der Waals surface area (Å²) < 4.78 is 16.0. The number of pyridine rings is 1. The average Bonchev–Trinajstić information content (AvgIpc) is 3.29. The minimum atomic E-state index is -0.184. The van der Waals surface area contributed by atoms with Gasteiger partial charge in [0.15, 0.2) is 5.13 Å². The second-order valence-electron chi connectivity index (χ2n) is 9.47. The van der Waals surface area contributed by atoms with Crippen LogP contribution in [0.1, 0.15) is 32.1 Å². The zero-order valence-corrected chi connectivity index (χ0v) is 19.3. The summed E-state index contributed by atoms with van der Waals surface area (Å²) in [6.45, 7) is 0.892. The van der Waals surface area contributed by atoms with E-state index >= 15 is 0 Å². The van der Waals surface area contributed by atoms with Gasteiger partial charge in [0.2, 0.25) is 0 Å². The van der Waals surface area contributed by atoms with Crippen LogP contribution in [0.3, 0.4) is 0 Å². The van der Waals surface area contributed by atoms with Gasteiger partial charge in [-0.2, -0.15) is 0 Å². The molecule has 0 aliphatic carbocycles. The number of aromatic nitrogens is 2. The molecule has 2 fully saturated rings. The lowest BCUT2D eigenvalue weighted by Crippen LogP contribution is -2.47. The summed E-state index contributed by atoms with van der Waals surface area (Å²) in [6, 6.07) is 7.55. The Morgan fingerprint density at radius 2 is 2.00 bits per heavy atom. The summed E-state index contributed by atoms with van der Waals surface area (Å²) in [7, 11) is 4.20. The Hall–Kier alpha value is -2.51. The van der Waals surface area contributed by atoms with Crippen molar-refractivity contribution in [3.8, 4) is 11.3 Å². The molecule has 166 valence electrons. The van der Waals surface area contributed by atoms with Gasteiger partial charge in [0.1, 0.15) is 11.3 Å². The van der Waals surface area contributed by atoms with Gasteiger partial charge in [0.25, 0.3) is 0 Å². The maximum atomic E-state index is 14.9. The van der Waals surface area contributed by atoms with E-state index in [1.165, 1.54) is 25.7 Å². The zero-order valence-electron chi connectivity index (χ0n) is 18.5. The van der Waals surface area contributed by atoms with Gasteiger partial charge in [-0.1, -0.05) is 17.4 Å². The number of benzene rings is 1. The molecule has 0 saturated carbocycles. The SMILES string of the molecule is CN1C=c2cc(-c3cc4sc(N(C)C5CC6CCC(C5)N6)nc4cn3)cc(F)c2=CCC1. The molecule has 2 bridgehead atoms.